The maximum atomic E-state index is 12.8. The normalized spacial score (nSPS) is 15.6. The van der Waals surface area contributed by atoms with Crippen molar-refractivity contribution in [2.75, 3.05) is 18.1 Å². The lowest BCUT2D eigenvalue weighted by Crippen LogP contribution is -2.49. The third-order valence-corrected chi connectivity index (χ3v) is 4.25. The second kappa shape index (κ2) is 7.38. The summed E-state index contributed by atoms with van der Waals surface area (Å²) in [6.07, 6.45) is 0.526. The Bertz CT molecular complexity index is 788. The Kier molecular flexibility index (Phi) is 5.03. The molecule has 1 atom stereocenters. The Balaban J connectivity index is 1.78. The van der Waals surface area contributed by atoms with Crippen molar-refractivity contribution < 1.29 is 14.3 Å². The standard InChI is InChI=1S/C20H22N2O3/c1-3-21-20(24)18-12-15-8-4-5-10-17(15)22(18)19(23)13-25-16-9-6-7-14(2)11-16/h4-11,18H,3,12-13H2,1-2H3,(H,21,24)/t18-/m1/s1. The molecule has 1 N–H and O–H groups in total. The number of anilines is 1. The predicted octanol–water partition coefficient (Wildman–Crippen LogP) is 2.47. The van der Waals surface area contributed by atoms with E-state index in [0.717, 1.165) is 16.8 Å². The van der Waals surface area contributed by atoms with E-state index < -0.39 is 6.04 Å². The number of para-hydroxylation sites is 1. The van der Waals surface area contributed by atoms with Crippen molar-refractivity contribution in [1.82, 2.24) is 5.32 Å². The molecule has 0 radical (unpaired) electrons. The zero-order valence-electron chi connectivity index (χ0n) is 14.5. The lowest BCUT2D eigenvalue weighted by Gasteiger charge is -2.24. The average molecular weight is 338 g/mol. The van der Waals surface area contributed by atoms with Crippen LogP contribution in [-0.4, -0.2) is 31.0 Å². The number of carbonyl (C=O) groups excluding carboxylic acids is 2. The molecular formula is C20H22N2O3. The topological polar surface area (TPSA) is 58.6 Å². The van der Waals surface area contributed by atoms with Crippen molar-refractivity contribution >= 4 is 17.5 Å². The molecule has 1 aliphatic heterocycles. The number of ether oxygens (including phenoxy) is 1. The highest BCUT2D eigenvalue weighted by atomic mass is 16.5. The number of rotatable bonds is 5. The predicted molar refractivity (Wildman–Crippen MR) is 96.8 cm³/mol. The van der Waals surface area contributed by atoms with Crippen molar-refractivity contribution in [3.05, 3.63) is 59.7 Å². The Morgan fingerprint density at radius 2 is 2.00 bits per heavy atom. The number of fused-ring (bicyclic) bond motifs is 1. The van der Waals surface area contributed by atoms with E-state index in [-0.39, 0.29) is 18.4 Å². The van der Waals surface area contributed by atoms with Gasteiger partial charge in [0.2, 0.25) is 5.91 Å². The Labute approximate surface area is 147 Å². The van der Waals surface area contributed by atoms with E-state index in [4.69, 9.17) is 4.74 Å². The third kappa shape index (κ3) is 3.65. The summed E-state index contributed by atoms with van der Waals surface area (Å²) in [6.45, 7) is 4.27. The van der Waals surface area contributed by atoms with Gasteiger partial charge in [0.25, 0.3) is 5.91 Å². The fourth-order valence-corrected chi connectivity index (χ4v) is 3.12. The zero-order valence-corrected chi connectivity index (χ0v) is 14.5. The minimum Gasteiger partial charge on any atom is -0.484 e. The second-order valence-electron chi connectivity index (χ2n) is 6.11. The zero-order chi connectivity index (χ0) is 17.8. The number of hydrogen-bond donors (Lipinski definition) is 1. The van der Waals surface area contributed by atoms with Gasteiger partial charge in [-0.25, -0.2) is 0 Å². The third-order valence-electron chi connectivity index (χ3n) is 4.25. The van der Waals surface area contributed by atoms with E-state index >= 15 is 0 Å². The molecule has 2 amide bonds. The summed E-state index contributed by atoms with van der Waals surface area (Å²) >= 11 is 0. The molecule has 0 bridgehead atoms. The number of nitrogens with one attached hydrogen (secondary N) is 1. The van der Waals surface area contributed by atoms with Gasteiger partial charge >= 0.3 is 0 Å². The van der Waals surface area contributed by atoms with Crippen molar-refractivity contribution in [1.29, 1.82) is 0 Å². The van der Waals surface area contributed by atoms with Gasteiger partial charge in [-0.1, -0.05) is 30.3 Å². The first-order valence-corrected chi connectivity index (χ1v) is 8.47. The molecular weight excluding hydrogens is 316 g/mol. The van der Waals surface area contributed by atoms with Gasteiger partial charge in [0.1, 0.15) is 11.8 Å². The fourth-order valence-electron chi connectivity index (χ4n) is 3.12. The van der Waals surface area contributed by atoms with Gasteiger partial charge in [-0.2, -0.15) is 0 Å². The maximum Gasteiger partial charge on any atom is 0.265 e. The maximum absolute atomic E-state index is 12.8. The first-order chi connectivity index (χ1) is 12.1. The number of aryl methyl sites for hydroxylation is 1. The molecule has 2 aromatic carbocycles. The van der Waals surface area contributed by atoms with Crippen LogP contribution in [0.3, 0.4) is 0 Å². The summed E-state index contributed by atoms with van der Waals surface area (Å²) < 4.78 is 5.64. The highest BCUT2D eigenvalue weighted by Gasteiger charge is 2.38. The van der Waals surface area contributed by atoms with Crippen molar-refractivity contribution in [3.8, 4) is 5.75 Å². The second-order valence-corrected chi connectivity index (χ2v) is 6.11. The van der Waals surface area contributed by atoms with E-state index in [1.807, 2.05) is 62.4 Å². The van der Waals surface area contributed by atoms with E-state index in [9.17, 15) is 9.59 Å². The van der Waals surface area contributed by atoms with Crippen LogP contribution in [0.25, 0.3) is 0 Å². The highest BCUT2D eigenvalue weighted by molar-refractivity contribution is 6.04. The summed E-state index contributed by atoms with van der Waals surface area (Å²) in [5, 5.41) is 2.81. The van der Waals surface area contributed by atoms with Crippen LogP contribution in [0.2, 0.25) is 0 Å². The molecule has 1 heterocycles. The monoisotopic (exact) mass is 338 g/mol. The molecule has 5 nitrogen and oxygen atoms in total. The first-order valence-electron chi connectivity index (χ1n) is 8.47. The molecule has 0 saturated carbocycles. The average Bonchev–Trinajstić information content (AvgIpc) is 3.00. The quantitative estimate of drug-likeness (QED) is 0.911. The first kappa shape index (κ1) is 17.0. The van der Waals surface area contributed by atoms with E-state index in [0.29, 0.717) is 18.7 Å². The minimum absolute atomic E-state index is 0.103. The van der Waals surface area contributed by atoms with Crippen LogP contribution < -0.4 is 15.0 Å². The van der Waals surface area contributed by atoms with E-state index in [1.54, 1.807) is 4.90 Å². The largest absolute Gasteiger partial charge is 0.484 e. The van der Waals surface area contributed by atoms with Crippen LogP contribution in [0.4, 0.5) is 5.69 Å². The SMILES string of the molecule is CCNC(=O)[C@H]1Cc2ccccc2N1C(=O)COc1cccc(C)c1. The summed E-state index contributed by atoms with van der Waals surface area (Å²) in [5.41, 5.74) is 2.86. The number of likely N-dealkylation sites (N-methyl/N-ethyl adjacent to an activating group) is 1. The minimum atomic E-state index is -0.522. The van der Waals surface area contributed by atoms with Crippen LogP contribution in [0.15, 0.2) is 48.5 Å². The lowest BCUT2D eigenvalue weighted by molar-refractivity contribution is -0.126. The van der Waals surface area contributed by atoms with Gasteiger partial charge < -0.3 is 10.1 Å². The number of amides is 2. The molecule has 1 aliphatic rings. The molecule has 25 heavy (non-hydrogen) atoms. The number of nitrogens with zero attached hydrogens (tertiary/aromatic N) is 1. The van der Waals surface area contributed by atoms with E-state index in [1.165, 1.54) is 0 Å². The summed E-state index contributed by atoms with van der Waals surface area (Å²) in [7, 11) is 0. The van der Waals surface area contributed by atoms with Gasteiger partial charge in [0.15, 0.2) is 6.61 Å². The van der Waals surface area contributed by atoms with Gasteiger partial charge in [0.05, 0.1) is 0 Å². The van der Waals surface area contributed by atoms with E-state index in [2.05, 4.69) is 5.32 Å². The van der Waals surface area contributed by atoms with Gasteiger partial charge in [-0.3, -0.25) is 14.5 Å². The highest BCUT2D eigenvalue weighted by Crippen LogP contribution is 2.32. The molecule has 0 aromatic heterocycles. The van der Waals surface area contributed by atoms with Crippen molar-refractivity contribution in [3.63, 3.8) is 0 Å². The van der Waals surface area contributed by atoms with Crippen LogP contribution in [-0.2, 0) is 16.0 Å². The van der Waals surface area contributed by atoms with Crippen LogP contribution >= 0.6 is 0 Å². The number of carbonyl (C=O) groups is 2. The summed E-state index contributed by atoms with van der Waals surface area (Å²) in [5.74, 6) is 0.292. The summed E-state index contributed by atoms with van der Waals surface area (Å²) in [6, 6.07) is 14.7. The molecule has 3 rings (SSSR count). The van der Waals surface area contributed by atoms with Crippen LogP contribution in [0, 0.1) is 6.92 Å². The fraction of sp³-hybridized carbons (Fsp3) is 0.300. The van der Waals surface area contributed by atoms with Gasteiger partial charge in [0, 0.05) is 18.7 Å². The lowest BCUT2D eigenvalue weighted by atomic mass is 10.1. The molecule has 130 valence electrons. The number of benzene rings is 2. The molecule has 5 heteroatoms. The number of hydrogen-bond acceptors (Lipinski definition) is 3. The Hall–Kier alpha value is -2.82. The molecule has 0 unspecified atom stereocenters. The van der Waals surface area contributed by atoms with Crippen molar-refractivity contribution in [2.24, 2.45) is 0 Å². The molecule has 0 spiro atoms. The molecule has 0 fully saturated rings. The van der Waals surface area contributed by atoms with Gasteiger partial charge in [-0.05, 0) is 43.2 Å². The smallest absolute Gasteiger partial charge is 0.265 e. The van der Waals surface area contributed by atoms with Crippen molar-refractivity contribution in [2.45, 2.75) is 26.3 Å². The Morgan fingerprint density at radius 1 is 1.20 bits per heavy atom. The Morgan fingerprint density at radius 3 is 2.76 bits per heavy atom. The molecule has 0 aliphatic carbocycles. The van der Waals surface area contributed by atoms with Crippen LogP contribution in [0.5, 0.6) is 5.75 Å². The van der Waals surface area contributed by atoms with Crippen LogP contribution in [0.1, 0.15) is 18.1 Å². The molecule has 0 saturated heterocycles. The molecule has 2 aromatic rings. The summed E-state index contributed by atoms with van der Waals surface area (Å²) in [4.78, 5) is 26.8. The van der Waals surface area contributed by atoms with Gasteiger partial charge in [-0.15, -0.1) is 0 Å².